The number of hydrogen-bond donors (Lipinski definition) is 2. The zero-order valence-corrected chi connectivity index (χ0v) is 12.5. The fourth-order valence-corrected chi connectivity index (χ4v) is 4.11. The van der Waals surface area contributed by atoms with Gasteiger partial charge in [-0.05, 0) is 58.2 Å². The molecule has 6 heteroatoms. The number of carboxylic acids is 1. The van der Waals surface area contributed by atoms with E-state index in [9.17, 15) is 14.7 Å². The summed E-state index contributed by atoms with van der Waals surface area (Å²) >= 11 is 0. The highest BCUT2D eigenvalue weighted by Gasteiger charge is 2.42. The monoisotopic (exact) mass is 295 g/mol. The van der Waals surface area contributed by atoms with Crippen LogP contribution in [0.3, 0.4) is 0 Å². The van der Waals surface area contributed by atoms with Crippen molar-refractivity contribution in [1.82, 2.24) is 15.1 Å². The first-order chi connectivity index (χ1) is 10.2. The van der Waals surface area contributed by atoms with Crippen molar-refractivity contribution in [2.24, 2.45) is 0 Å². The van der Waals surface area contributed by atoms with Crippen LogP contribution in [0.4, 0.5) is 0 Å². The maximum Gasteiger partial charge on any atom is 0.326 e. The highest BCUT2D eigenvalue weighted by atomic mass is 16.4. The second-order valence-electron chi connectivity index (χ2n) is 6.40. The number of aliphatic carboxylic acids is 1. The van der Waals surface area contributed by atoms with Crippen molar-refractivity contribution < 1.29 is 14.7 Å². The maximum absolute atomic E-state index is 12.8. The summed E-state index contributed by atoms with van der Waals surface area (Å²) in [5, 5.41) is 12.6. The molecule has 0 spiro atoms. The molecule has 0 aromatic rings. The Kier molecular flexibility index (Phi) is 4.45. The van der Waals surface area contributed by atoms with Crippen molar-refractivity contribution in [1.29, 1.82) is 0 Å². The molecule has 2 N–H and O–H groups in total. The molecule has 0 aliphatic carbocycles. The Morgan fingerprint density at radius 1 is 0.952 bits per heavy atom. The van der Waals surface area contributed by atoms with E-state index in [-0.39, 0.29) is 11.9 Å². The predicted molar refractivity (Wildman–Crippen MR) is 78.0 cm³/mol. The third-order valence-corrected chi connectivity index (χ3v) is 5.18. The lowest BCUT2D eigenvalue weighted by Crippen LogP contribution is -2.53. The topological polar surface area (TPSA) is 72.9 Å². The summed E-state index contributed by atoms with van der Waals surface area (Å²) in [6, 6.07) is -0.213. The quantitative estimate of drug-likeness (QED) is 0.782. The van der Waals surface area contributed by atoms with Gasteiger partial charge in [0, 0.05) is 12.6 Å². The summed E-state index contributed by atoms with van der Waals surface area (Å²) in [6.07, 6.45) is 5.51. The predicted octanol–water partition coefficient (Wildman–Crippen LogP) is 0.278. The Morgan fingerprint density at radius 3 is 2.33 bits per heavy atom. The first-order valence-electron chi connectivity index (χ1n) is 8.18. The van der Waals surface area contributed by atoms with Gasteiger partial charge >= 0.3 is 5.97 Å². The van der Waals surface area contributed by atoms with E-state index in [0.717, 1.165) is 51.7 Å². The number of carbonyl (C=O) groups excluding carboxylic acids is 1. The van der Waals surface area contributed by atoms with Crippen LogP contribution in [0.5, 0.6) is 0 Å². The van der Waals surface area contributed by atoms with Gasteiger partial charge in [0.1, 0.15) is 6.04 Å². The molecule has 118 valence electrons. The molecule has 3 aliphatic rings. The Hall–Kier alpha value is -1.14. The van der Waals surface area contributed by atoms with Crippen LogP contribution in [-0.4, -0.2) is 71.1 Å². The average Bonchev–Trinajstić information content (AvgIpc) is 3.16. The van der Waals surface area contributed by atoms with Crippen molar-refractivity contribution in [2.75, 3.05) is 26.2 Å². The van der Waals surface area contributed by atoms with Crippen LogP contribution in [0, 0.1) is 0 Å². The first kappa shape index (κ1) is 14.8. The number of carbonyl (C=O) groups is 2. The molecule has 2 atom stereocenters. The van der Waals surface area contributed by atoms with E-state index in [4.69, 9.17) is 0 Å². The van der Waals surface area contributed by atoms with Gasteiger partial charge in [-0.3, -0.25) is 9.69 Å². The fraction of sp³-hybridized carbons (Fsp3) is 0.867. The van der Waals surface area contributed by atoms with Crippen LogP contribution in [-0.2, 0) is 9.59 Å². The summed E-state index contributed by atoms with van der Waals surface area (Å²) < 4.78 is 0. The third kappa shape index (κ3) is 2.92. The van der Waals surface area contributed by atoms with Gasteiger partial charge in [-0.1, -0.05) is 0 Å². The molecular weight excluding hydrogens is 270 g/mol. The Morgan fingerprint density at radius 2 is 1.62 bits per heavy atom. The molecule has 3 rings (SSSR count). The summed E-state index contributed by atoms with van der Waals surface area (Å²) in [5.74, 6) is -0.803. The SMILES string of the molecule is O=C(O)[C@@H]1CCCN1C(=O)C1CCCN1C1CCNCC1. The lowest BCUT2D eigenvalue weighted by atomic mass is 10.0. The molecule has 0 radical (unpaired) electrons. The number of rotatable bonds is 3. The largest absolute Gasteiger partial charge is 0.480 e. The number of carboxylic acid groups (broad SMARTS) is 1. The van der Waals surface area contributed by atoms with Crippen molar-refractivity contribution in [3.8, 4) is 0 Å². The van der Waals surface area contributed by atoms with Gasteiger partial charge in [0.05, 0.1) is 6.04 Å². The molecule has 0 aromatic heterocycles. The number of amides is 1. The Balaban J connectivity index is 1.69. The van der Waals surface area contributed by atoms with Crippen LogP contribution < -0.4 is 5.32 Å². The number of nitrogens with zero attached hydrogens (tertiary/aromatic N) is 2. The number of likely N-dealkylation sites (tertiary alicyclic amines) is 2. The van der Waals surface area contributed by atoms with E-state index in [1.807, 2.05) is 0 Å². The summed E-state index contributed by atoms with van der Waals surface area (Å²) in [7, 11) is 0. The van der Waals surface area contributed by atoms with Crippen molar-refractivity contribution in [3.05, 3.63) is 0 Å². The van der Waals surface area contributed by atoms with E-state index < -0.39 is 12.0 Å². The van der Waals surface area contributed by atoms with Gasteiger partial charge in [-0.2, -0.15) is 0 Å². The maximum atomic E-state index is 12.8. The lowest BCUT2D eigenvalue weighted by Gasteiger charge is -2.37. The smallest absolute Gasteiger partial charge is 0.326 e. The van der Waals surface area contributed by atoms with E-state index in [0.29, 0.717) is 19.0 Å². The molecule has 3 saturated heterocycles. The summed E-state index contributed by atoms with van der Waals surface area (Å²) in [5.41, 5.74) is 0. The van der Waals surface area contributed by atoms with E-state index in [1.54, 1.807) is 4.90 Å². The Labute approximate surface area is 125 Å². The lowest BCUT2D eigenvalue weighted by molar-refractivity contribution is -0.150. The number of piperidine rings is 1. The second-order valence-corrected chi connectivity index (χ2v) is 6.40. The molecular formula is C15H25N3O3. The average molecular weight is 295 g/mol. The highest BCUT2D eigenvalue weighted by molar-refractivity contribution is 5.87. The molecule has 0 bridgehead atoms. The van der Waals surface area contributed by atoms with Crippen LogP contribution in [0.25, 0.3) is 0 Å². The number of nitrogens with one attached hydrogen (secondary N) is 1. The van der Waals surface area contributed by atoms with Gasteiger partial charge in [-0.25, -0.2) is 4.79 Å². The second kappa shape index (κ2) is 6.32. The van der Waals surface area contributed by atoms with Crippen molar-refractivity contribution >= 4 is 11.9 Å². The van der Waals surface area contributed by atoms with Gasteiger partial charge in [-0.15, -0.1) is 0 Å². The molecule has 3 fully saturated rings. The van der Waals surface area contributed by atoms with Crippen LogP contribution in [0.2, 0.25) is 0 Å². The van der Waals surface area contributed by atoms with Crippen LogP contribution in [0.15, 0.2) is 0 Å². The van der Waals surface area contributed by atoms with E-state index in [1.165, 1.54) is 0 Å². The summed E-state index contributed by atoms with van der Waals surface area (Å²) in [6.45, 7) is 3.62. The molecule has 0 saturated carbocycles. The van der Waals surface area contributed by atoms with Crippen molar-refractivity contribution in [3.63, 3.8) is 0 Å². The van der Waals surface area contributed by atoms with Crippen molar-refractivity contribution in [2.45, 2.75) is 56.7 Å². The molecule has 1 unspecified atom stereocenters. The fourth-order valence-electron chi connectivity index (χ4n) is 4.11. The standard InChI is InChI=1S/C15H25N3O3/c19-14(18-10-2-4-13(18)15(20)21)12-3-1-9-17(12)11-5-7-16-8-6-11/h11-13,16H,1-10H2,(H,20,21)/t12?,13-/m0/s1. The molecule has 3 aliphatic heterocycles. The molecule has 1 amide bonds. The normalized spacial score (nSPS) is 31.7. The van der Waals surface area contributed by atoms with Gasteiger partial charge in [0.15, 0.2) is 0 Å². The van der Waals surface area contributed by atoms with Gasteiger partial charge in [0.25, 0.3) is 0 Å². The van der Waals surface area contributed by atoms with Crippen LogP contribution >= 0.6 is 0 Å². The Bertz CT molecular complexity index is 409. The van der Waals surface area contributed by atoms with Gasteiger partial charge in [0.2, 0.25) is 5.91 Å². The minimum atomic E-state index is -0.854. The molecule has 21 heavy (non-hydrogen) atoms. The van der Waals surface area contributed by atoms with Crippen LogP contribution in [0.1, 0.15) is 38.5 Å². The molecule has 6 nitrogen and oxygen atoms in total. The van der Waals surface area contributed by atoms with Gasteiger partial charge < -0.3 is 15.3 Å². The number of hydrogen-bond acceptors (Lipinski definition) is 4. The zero-order valence-electron chi connectivity index (χ0n) is 12.5. The minimum Gasteiger partial charge on any atom is -0.480 e. The third-order valence-electron chi connectivity index (χ3n) is 5.18. The minimum absolute atomic E-state index is 0.0518. The summed E-state index contributed by atoms with van der Waals surface area (Å²) in [4.78, 5) is 28.1. The zero-order chi connectivity index (χ0) is 14.8. The molecule has 3 heterocycles. The van der Waals surface area contributed by atoms with E-state index >= 15 is 0 Å². The first-order valence-corrected chi connectivity index (χ1v) is 8.18. The highest BCUT2D eigenvalue weighted by Crippen LogP contribution is 2.28. The molecule has 0 aromatic carbocycles. The van der Waals surface area contributed by atoms with E-state index in [2.05, 4.69) is 10.2 Å².